The van der Waals surface area contributed by atoms with E-state index in [0.29, 0.717) is 12.1 Å². The van der Waals surface area contributed by atoms with Crippen LogP contribution in [0.2, 0.25) is 0 Å². The summed E-state index contributed by atoms with van der Waals surface area (Å²) in [5.41, 5.74) is 2.78. The Labute approximate surface area is 174 Å². The number of carbonyl (C=O) groups excluding carboxylic acids is 1. The van der Waals surface area contributed by atoms with Crippen LogP contribution in [0.25, 0.3) is 22.6 Å². The highest BCUT2D eigenvalue weighted by Gasteiger charge is 2.22. The number of ether oxygens (including phenoxy) is 1. The van der Waals surface area contributed by atoms with E-state index in [4.69, 9.17) is 4.74 Å². The minimum atomic E-state index is -0.693. The number of esters is 1. The summed E-state index contributed by atoms with van der Waals surface area (Å²) in [5.74, 6) is -0.0371. The van der Waals surface area contributed by atoms with E-state index in [2.05, 4.69) is 30.4 Å². The van der Waals surface area contributed by atoms with E-state index >= 15 is 0 Å². The van der Waals surface area contributed by atoms with Crippen molar-refractivity contribution >= 4 is 17.0 Å². The van der Waals surface area contributed by atoms with Gasteiger partial charge in [0.05, 0.1) is 17.6 Å². The predicted octanol–water partition coefficient (Wildman–Crippen LogP) is 2.45. The summed E-state index contributed by atoms with van der Waals surface area (Å²) in [6.07, 6.45) is 0. The number of hydrogen-bond donors (Lipinski definition) is 0. The maximum absolute atomic E-state index is 13.1. The number of carbonyl (C=O) groups is 1. The summed E-state index contributed by atoms with van der Waals surface area (Å²) in [5, 5.41) is 0. The largest absolute Gasteiger partial charge is 0.460 e. The van der Waals surface area contributed by atoms with Gasteiger partial charge in [-0.05, 0) is 49.9 Å². The van der Waals surface area contributed by atoms with Crippen LogP contribution in [0.5, 0.6) is 0 Å². The molecule has 2 heterocycles. The van der Waals surface area contributed by atoms with Gasteiger partial charge in [-0.2, -0.15) is 4.98 Å². The molecule has 30 heavy (non-hydrogen) atoms. The lowest BCUT2D eigenvalue weighted by molar-refractivity contribution is -0.139. The Morgan fingerprint density at radius 2 is 1.80 bits per heavy atom. The van der Waals surface area contributed by atoms with Crippen LogP contribution >= 0.6 is 0 Å². The van der Waals surface area contributed by atoms with Crippen LogP contribution in [-0.4, -0.2) is 31.7 Å². The molecule has 0 saturated carbocycles. The summed E-state index contributed by atoms with van der Waals surface area (Å²) >= 11 is 0. The molecule has 0 spiro atoms. The molecule has 0 fully saturated rings. The fourth-order valence-corrected chi connectivity index (χ4v) is 3.23. The molecule has 0 atom stereocenters. The highest BCUT2D eigenvalue weighted by atomic mass is 16.5. The molecular formula is C22H26N4O4. The third kappa shape index (κ3) is 4.03. The molecule has 0 saturated heterocycles. The lowest BCUT2D eigenvalue weighted by Crippen LogP contribution is -2.40. The van der Waals surface area contributed by atoms with Crippen molar-refractivity contribution in [3.8, 4) is 11.5 Å². The highest BCUT2D eigenvalue weighted by molar-refractivity contribution is 5.86. The normalized spacial score (nSPS) is 11.4. The van der Waals surface area contributed by atoms with Gasteiger partial charge in [-0.15, -0.1) is 0 Å². The maximum atomic E-state index is 13.1. The monoisotopic (exact) mass is 410 g/mol. The van der Waals surface area contributed by atoms with Crippen molar-refractivity contribution in [3.63, 3.8) is 0 Å². The Balaban J connectivity index is 2.19. The second kappa shape index (κ2) is 8.22. The molecule has 2 aliphatic heterocycles. The summed E-state index contributed by atoms with van der Waals surface area (Å²) < 4.78 is 7.86. The van der Waals surface area contributed by atoms with Gasteiger partial charge in [0.25, 0.3) is 5.56 Å². The summed E-state index contributed by atoms with van der Waals surface area (Å²) in [7, 11) is 0. The van der Waals surface area contributed by atoms with Crippen molar-refractivity contribution in [1.82, 2.24) is 19.1 Å². The molecule has 0 bridgehead atoms. The summed E-state index contributed by atoms with van der Waals surface area (Å²) in [6.45, 7) is 13.5. The van der Waals surface area contributed by atoms with Gasteiger partial charge in [0.15, 0.2) is 11.5 Å². The van der Waals surface area contributed by atoms with Gasteiger partial charge in [0.2, 0.25) is 0 Å². The molecule has 0 aromatic heterocycles. The number of rotatable bonds is 6. The van der Waals surface area contributed by atoms with Crippen LogP contribution in [0.15, 0.2) is 33.9 Å². The average molecular weight is 410 g/mol. The predicted molar refractivity (Wildman–Crippen MR) is 115 cm³/mol. The van der Waals surface area contributed by atoms with Crippen molar-refractivity contribution in [3.05, 3.63) is 56.2 Å². The number of benzene rings is 1. The molecule has 1 aromatic carbocycles. The molecular weight excluding hydrogens is 384 g/mol. The maximum Gasteiger partial charge on any atom is 0.352 e. The zero-order valence-electron chi connectivity index (χ0n) is 18.0. The molecule has 158 valence electrons. The minimum Gasteiger partial charge on any atom is -0.460 e. The lowest BCUT2D eigenvalue weighted by atomic mass is 10.1. The Morgan fingerprint density at radius 3 is 2.43 bits per heavy atom. The Morgan fingerprint density at radius 1 is 1.13 bits per heavy atom. The molecule has 0 N–H and O–H groups in total. The van der Waals surface area contributed by atoms with Crippen molar-refractivity contribution in [2.24, 2.45) is 5.92 Å². The highest BCUT2D eigenvalue weighted by Crippen LogP contribution is 2.24. The first-order valence-electron chi connectivity index (χ1n) is 9.85. The Bertz CT molecular complexity index is 1240. The van der Waals surface area contributed by atoms with Crippen LogP contribution in [0.4, 0.5) is 0 Å². The van der Waals surface area contributed by atoms with Gasteiger partial charge in [-0.1, -0.05) is 20.4 Å². The number of nitrogens with zero attached hydrogens (tertiary/aromatic N) is 4. The third-order valence-electron chi connectivity index (χ3n) is 4.91. The third-order valence-corrected chi connectivity index (χ3v) is 4.91. The fourth-order valence-electron chi connectivity index (χ4n) is 3.23. The first-order valence-corrected chi connectivity index (χ1v) is 9.85. The van der Waals surface area contributed by atoms with Crippen LogP contribution < -0.4 is 11.2 Å². The fraction of sp³-hybridized carbons (Fsp3) is 0.409. The Kier molecular flexibility index (Phi) is 5.87. The van der Waals surface area contributed by atoms with Crippen molar-refractivity contribution in [1.29, 1.82) is 0 Å². The topological polar surface area (TPSA) is 96.1 Å². The Hall–Kier alpha value is -3.29. The zero-order valence-corrected chi connectivity index (χ0v) is 18.0. The summed E-state index contributed by atoms with van der Waals surface area (Å²) in [4.78, 5) is 46.0. The second-order valence-electron chi connectivity index (χ2n) is 7.98. The number of aryl methyl sites for hydroxylation is 2. The number of hydrogen-bond acceptors (Lipinski definition) is 6. The first-order chi connectivity index (χ1) is 14.1. The smallest absolute Gasteiger partial charge is 0.352 e. The molecule has 8 nitrogen and oxygen atoms in total. The quantitative estimate of drug-likeness (QED) is 0.352. The van der Waals surface area contributed by atoms with Gasteiger partial charge >= 0.3 is 11.7 Å². The molecule has 0 aliphatic carbocycles. The van der Waals surface area contributed by atoms with Gasteiger partial charge in [0.1, 0.15) is 6.61 Å². The molecule has 0 amide bonds. The van der Waals surface area contributed by atoms with Gasteiger partial charge in [-0.25, -0.2) is 14.6 Å². The van der Waals surface area contributed by atoms with E-state index < -0.39 is 17.2 Å². The minimum absolute atomic E-state index is 0.101. The van der Waals surface area contributed by atoms with Crippen LogP contribution in [-0.2, 0) is 22.6 Å². The van der Waals surface area contributed by atoms with Gasteiger partial charge < -0.3 is 9.30 Å². The van der Waals surface area contributed by atoms with Crippen molar-refractivity contribution < 1.29 is 9.53 Å². The molecule has 3 rings (SSSR count). The molecule has 0 unspecified atom stereocenters. The van der Waals surface area contributed by atoms with Gasteiger partial charge in [-0.3, -0.25) is 9.36 Å². The van der Waals surface area contributed by atoms with Gasteiger partial charge in [0, 0.05) is 12.1 Å². The number of fused-ring (bicyclic) bond motifs is 2. The van der Waals surface area contributed by atoms with Crippen molar-refractivity contribution in [2.45, 2.75) is 47.7 Å². The van der Waals surface area contributed by atoms with E-state index in [1.54, 1.807) is 0 Å². The van der Waals surface area contributed by atoms with Crippen LogP contribution in [0.1, 0.15) is 31.9 Å². The van der Waals surface area contributed by atoms with E-state index in [1.807, 2.05) is 30.5 Å². The first kappa shape index (κ1) is 21.4. The van der Waals surface area contributed by atoms with E-state index in [1.165, 1.54) is 6.92 Å². The summed E-state index contributed by atoms with van der Waals surface area (Å²) in [6, 6.07) is 3.94. The van der Waals surface area contributed by atoms with E-state index in [-0.39, 0.29) is 36.2 Å². The molecule has 2 aliphatic rings. The molecule has 8 heteroatoms. The van der Waals surface area contributed by atoms with Crippen LogP contribution in [0.3, 0.4) is 0 Å². The SMILES string of the molecule is C=C(C)C(=O)OCCn1c(=O)nc2n(CC(C)C)c3cc(C)c(C)cc3nc-2c1=O. The average Bonchev–Trinajstić information content (AvgIpc) is 2.66. The molecule has 1 aromatic rings. The lowest BCUT2D eigenvalue weighted by Gasteiger charge is -2.20. The second-order valence-corrected chi connectivity index (χ2v) is 7.98. The standard InChI is InChI=1S/C22H26N4O4/c1-12(2)11-26-17-10-15(6)14(5)9-16(17)23-18-19(26)24-22(29)25(20(18)27)7-8-30-21(28)13(3)4/h9-10,12H,3,7-8,11H2,1-2,4-6H3. The van der Waals surface area contributed by atoms with Crippen LogP contribution in [0, 0.1) is 19.8 Å². The molecule has 0 radical (unpaired) electrons. The van der Waals surface area contributed by atoms with E-state index in [0.717, 1.165) is 21.2 Å². The van der Waals surface area contributed by atoms with E-state index in [9.17, 15) is 14.4 Å². The zero-order chi connectivity index (χ0) is 22.2. The number of aromatic nitrogens is 4. The van der Waals surface area contributed by atoms with Crippen molar-refractivity contribution in [2.75, 3.05) is 6.61 Å².